The van der Waals surface area contributed by atoms with Crippen LogP contribution in [0.1, 0.15) is 42.4 Å². The second-order valence-electron chi connectivity index (χ2n) is 9.60. The van der Waals surface area contributed by atoms with Crippen molar-refractivity contribution >= 4 is 40.6 Å². The maximum atomic E-state index is 14.4. The zero-order valence-corrected chi connectivity index (χ0v) is 20.6. The van der Waals surface area contributed by atoms with Crippen LogP contribution in [0.15, 0.2) is 46.4 Å². The number of rotatable bonds is 6. The summed E-state index contributed by atoms with van der Waals surface area (Å²) in [5.41, 5.74) is 4.60. The van der Waals surface area contributed by atoms with Crippen LogP contribution in [0.4, 0.5) is 8.78 Å². The van der Waals surface area contributed by atoms with E-state index in [0.717, 1.165) is 42.6 Å². The van der Waals surface area contributed by atoms with Gasteiger partial charge in [0.25, 0.3) is 5.91 Å². The molecule has 5 rings (SSSR count). The number of hydrogen-bond donors (Lipinski definition) is 1. The fourth-order valence-electron chi connectivity index (χ4n) is 5.49. The van der Waals surface area contributed by atoms with Crippen molar-refractivity contribution < 1.29 is 18.7 Å². The third kappa shape index (κ3) is 5.00. The van der Waals surface area contributed by atoms with E-state index in [9.17, 15) is 18.7 Å². The monoisotopic (exact) mass is 511 g/mol. The van der Waals surface area contributed by atoms with E-state index in [-0.39, 0.29) is 29.3 Å². The molecule has 2 heterocycles. The van der Waals surface area contributed by atoms with Crippen molar-refractivity contribution in [2.24, 2.45) is 15.9 Å². The molecule has 2 aromatic rings. The first-order valence-corrected chi connectivity index (χ1v) is 12.8. The molecule has 1 unspecified atom stereocenters. The lowest BCUT2D eigenvalue weighted by atomic mass is 9.87. The molecule has 1 amide bonds. The number of aromatic hydroxyl groups is 1. The summed E-state index contributed by atoms with van der Waals surface area (Å²) in [5, 5.41) is 10.1. The molecule has 8 heteroatoms. The Balaban J connectivity index is 1.52. The minimum atomic E-state index is -0.854. The van der Waals surface area contributed by atoms with Crippen LogP contribution < -0.4 is 0 Å². The highest BCUT2D eigenvalue weighted by atomic mass is 35.5. The number of phenolic OH excluding ortho intramolecular Hbond substituents is 1. The number of alkyl halides is 1. The molecule has 0 spiro atoms. The quantitative estimate of drug-likeness (QED) is 0.554. The van der Waals surface area contributed by atoms with Crippen molar-refractivity contribution in [1.82, 2.24) is 4.90 Å². The van der Waals surface area contributed by atoms with Crippen LogP contribution in [0.25, 0.3) is 11.1 Å². The third-order valence-corrected chi connectivity index (χ3v) is 7.55. The molecule has 0 saturated carbocycles. The largest absolute Gasteiger partial charge is 0.508 e. The van der Waals surface area contributed by atoms with Crippen LogP contribution in [0, 0.1) is 11.7 Å². The Labute approximate surface area is 214 Å². The zero-order chi connectivity index (χ0) is 25.2. The summed E-state index contributed by atoms with van der Waals surface area (Å²) in [6, 6.07) is 8.96. The highest BCUT2D eigenvalue weighted by Gasteiger charge is 2.34. The fourth-order valence-corrected chi connectivity index (χ4v) is 5.60. The SMILES string of the molecule is O=C1N=C([C@H]2CCN(CCCF)C2)C=NC1C1=C(c2ccc(Cl)c(F)c2)CCCc2cc(O)ccc21. The topological polar surface area (TPSA) is 65.3 Å². The molecule has 0 aromatic heterocycles. The maximum Gasteiger partial charge on any atom is 0.275 e. The van der Waals surface area contributed by atoms with Crippen molar-refractivity contribution in [3.8, 4) is 5.75 Å². The predicted molar refractivity (Wildman–Crippen MR) is 139 cm³/mol. The number of likely N-dealkylation sites (tertiary alicyclic amines) is 1. The number of carbonyl (C=O) groups is 1. The van der Waals surface area contributed by atoms with E-state index in [1.54, 1.807) is 30.5 Å². The van der Waals surface area contributed by atoms with Crippen LogP contribution in [-0.2, 0) is 11.2 Å². The van der Waals surface area contributed by atoms with Crippen molar-refractivity contribution in [1.29, 1.82) is 0 Å². The number of amides is 1. The van der Waals surface area contributed by atoms with E-state index in [0.29, 0.717) is 42.7 Å². The molecule has 2 aromatic carbocycles. The van der Waals surface area contributed by atoms with Gasteiger partial charge in [-0.1, -0.05) is 23.7 Å². The average Bonchev–Trinajstić information content (AvgIpc) is 3.26. The van der Waals surface area contributed by atoms with Gasteiger partial charge in [-0.2, -0.15) is 0 Å². The molecule has 2 aliphatic heterocycles. The second-order valence-corrected chi connectivity index (χ2v) is 10.0. The molecule has 1 aliphatic carbocycles. The number of allylic oxidation sites excluding steroid dienone is 1. The molecule has 1 saturated heterocycles. The smallest absolute Gasteiger partial charge is 0.275 e. The first-order chi connectivity index (χ1) is 17.4. The van der Waals surface area contributed by atoms with Gasteiger partial charge in [-0.3, -0.25) is 14.2 Å². The van der Waals surface area contributed by atoms with Crippen LogP contribution in [0.3, 0.4) is 0 Å². The first-order valence-electron chi connectivity index (χ1n) is 12.4. The number of nitrogens with zero attached hydrogens (tertiary/aromatic N) is 3. The van der Waals surface area contributed by atoms with Gasteiger partial charge in [-0.25, -0.2) is 9.38 Å². The van der Waals surface area contributed by atoms with E-state index in [1.165, 1.54) is 12.1 Å². The van der Waals surface area contributed by atoms with Crippen LogP contribution in [0.5, 0.6) is 5.75 Å². The molecule has 3 aliphatic rings. The Hall–Kier alpha value is -2.90. The summed E-state index contributed by atoms with van der Waals surface area (Å²) in [5.74, 6) is -0.618. The first kappa shape index (κ1) is 24.8. The molecule has 0 bridgehead atoms. The maximum absolute atomic E-state index is 14.4. The molecule has 188 valence electrons. The third-order valence-electron chi connectivity index (χ3n) is 7.25. The van der Waals surface area contributed by atoms with Crippen molar-refractivity contribution in [2.45, 2.75) is 38.1 Å². The minimum Gasteiger partial charge on any atom is -0.508 e. The van der Waals surface area contributed by atoms with E-state index in [4.69, 9.17) is 16.6 Å². The van der Waals surface area contributed by atoms with E-state index in [1.807, 2.05) is 0 Å². The van der Waals surface area contributed by atoms with E-state index >= 15 is 0 Å². The fraction of sp³-hybridized carbons (Fsp3) is 0.393. The number of benzene rings is 2. The summed E-state index contributed by atoms with van der Waals surface area (Å²) in [4.78, 5) is 24.8. The van der Waals surface area contributed by atoms with Crippen molar-refractivity contribution in [2.75, 3.05) is 26.3 Å². The molecule has 0 radical (unpaired) electrons. The Morgan fingerprint density at radius 3 is 2.81 bits per heavy atom. The Kier molecular flexibility index (Phi) is 7.30. The second kappa shape index (κ2) is 10.6. The molecule has 1 fully saturated rings. The normalized spacial score (nSPS) is 22.5. The van der Waals surface area contributed by atoms with Crippen molar-refractivity contribution in [3.63, 3.8) is 0 Å². The number of hydrogen-bond acceptors (Lipinski definition) is 4. The van der Waals surface area contributed by atoms with Crippen molar-refractivity contribution in [3.05, 3.63) is 63.9 Å². The molecule has 5 nitrogen and oxygen atoms in total. The molecule has 2 atom stereocenters. The van der Waals surface area contributed by atoms with E-state index in [2.05, 4.69) is 9.89 Å². The Morgan fingerprint density at radius 1 is 1.17 bits per heavy atom. The Morgan fingerprint density at radius 2 is 2.03 bits per heavy atom. The summed E-state index contributed by atoms with van der Waals surface area (Å²) in [6.45, 7) is 1.95. The van der Waals surface area contributed by atoms with Gasteiger partial charge < -0.3 is 10.0 Å². The summed E-state index contributed by atoms with van der Waals surface area (Å²) >= 11 is 5.94. The standard InChI is InChI=1S/C28H28ClF2N3O2/c29-23-8-5-18(14-24(23)31)21-4-1-3-17-13-20(35)6-7-22(17)26(21)27-28(36)33-25(15-32-27)19-9-12-34(16-19)11-2-10-30/h5-8,13-15,19,27,35H,1-4,9-12,16H2/t19-,27?/m0/s1. The average molecular weight is 512 g/mol. The highest BCUT2D eigenvalue weighted by molar-refractivity contribution is 6.36. The summed E-state index contributed by atoms with van der Waals surface area (Å²) in [7, 11) is 0. The highest BCUT2D eigenvalue weighted by Crippen LogP contribution is 2.41. The molecular formula is C28H28ClF2N3O2. The number of fused-ring (bicyclic) bond motifs is 1. The zero-order valence-electron chi connectivity index (χ0n) is 19.9. The Bertz CT molecular complexity index is 1270. The molecule has 36 heavy (non-hydrogen) atoms. The van der Waals surface area contributed by atoms with Crippen LogP contribution in [0.2, 0.25) is 5.02 Å². The van der Waals surface area contributed by atoms with Gasteiger partial charge >= 0.3 is 0 Å². The number of halogens is 3. The number of carbonyl (C=O) groups excluding carboxylic acids is 1. The molecule has 1 N–H and O–H groups in total. The van der Waals surface area contributed by atoms with Gasteiger partial charge in [-0.15, -0.1) is 0 Å². The van der Waals surface area contributed by atoms with Gasteiger partial charge in [0.1, 0.15) is 11.6 Å². The lowest BCUT2D eigenvalue weighted by molar-refractivity contribution is -0.117. The van der Waals surface area contributed by atoms with E-state index < -0.39 is 11.9 Å². The minimum absolute atomic E-state index is 0.0398. The summed E-state index contributed by atoms with van der Waals surface area (Å²) in [6.07, 6.45) is 5.17. The van der Waals surface area contributed by atoms with Gasteiger partial charge in [0.2, 0.25) is 0 Å². The summed E-state index contributed by atoms with van der Waals surface area (Å²) < 4.78 is 27.0. The lowest BCUT2D eigenvalue weighted by Gasteiger charge is -2.23. The molecular weight excluding hydrogens is 484 g/mol. The number of phenols is 1. The predicted octanol–water partition coefficient (Wildman–Crippen LogP) is 5.53. The van der Waals surface area contributed by atoms with Gasteiger partial charge in [0, 0.05) is 25.2 Å². The number of aliphatic imine (C=N–C) groups is 2. The number of aryl methyl sites for hydroxylation is 1. The van der Waals surface area contributed by atoms with Crippen LogP contribution >= 0.6 is 11.6 Å². The van der Waals surface area contributed by atoms with Crippen LogP contribution in [-0.4, -0.2) is 60.2 Å². The van der Waals surface area contributed by atoms with Gasteiger partial charge in [-0.05, 0) is 90.8 Å². The van der Waals surface area contributed by atoms with Gasteiger partial charge in [0.05, 0.1) is 17.4 Å². The van der Waals surface area contributed by atoms with Gasteiger partial charge in [0.15, 0.2) is 6.04 Å². The lowest BCUT2D eigenvalue weighted by Crippen LogP contribution is -2.31.